The van der Waals surface area contributed by atoms with E-state index in [0.29, 0.717) is 5.33 Å². The minimum atomic E-state index is -1.13. The van der Waals surface area contributed by atoms with Crippen LogP contribution in [0.4, 0.5) is 4.39 Å². The molecule has 0 spiro atoms. The van der Waals surface area contributed by atoms with Crippen LogP contribution in [-0.4, -0.2) is 16.4 Å². The van der Waals surface area contributed by atoms with Crippen molar-refractivity contribution in [3.8, 4) is 0 Å². The second kappa shape index (κ2) is 4.91. The maximum absolute atomic E-state index is 13.2. The van der Waals surface area contributed by atoms with Gasteiger partial charge >= 0.3 is 5.97 Å². The van der Waals surface area contributed by atoms with Crippen LogP contribution in [-0.2, 0) is 0 Å². The summed E-state index contributed by atoms with van der Waals surface area (Å²) in [5, 5.41) is 9.33. The number of hydrogen-bond acceptors (Lipinski definition) is 1. The molecule has 0 amide bonds. The van der Waals surface area contributed by atoms with Crippen LogP contribution in [0.1, 0.15) is 15.9 Å². The molecule has 0 saturated carbocycles. The number of carboxylic acids is 1. The zero-order chi connectivity index (χ0) is 10.6. The number of aromatic carboxylic acids is 1. The Morgan fingerprint density at radius 3 is 2.86 bits per heavy atom. The van der Waals surface area contributed by atoms with Crippen molar-refractivity contribution < 1.29 is 14.3 Å². The molecule has 0 heterocycles. The number of hydrogen-bond donors (Lipinski definition) is 1. The summed E-state index contributed by atoms with van der Waals surface area (Å²) >= 11 is 3.14. The van der Waals surface area contributed by atoms with E-state index in [1.54, 1.807) is 6.08 Å². The molecule has 0 saturated heterocycles. The van der Waals surface area contributed by atoms with E-state index in [2.05, 4.69) is 15.9 Å². The number of alkyl halides is 1. The first-order valence-electron chi connectivity index (χ1n) is 3.91. The van der Waals surface area contributed by atoms with Gasteiger partial charge < -0.3 is 5.11 Å². The predicted molar refractivity (Wildman–Crippen MR) is 56.2 cm³/mol. The van der Waals surface area contributed by atoms with Gasteiger partial charge in [0.1, 0.15) is 5.82 Å². The molecular weight excluding hydrogens is 251 g/mol. The molecular formula is C10H8BrFO2. The lowest BCUT2D eigenvalue weighted by molar-refractivity contribution is 0.0696. The van der Waals surface area contributed by atoms with Gasteiger partial charge in [0.15, 0.2) is 0 Å². The van der Waals surface area contributed by atoms with Gasteiger partial charge in [-0.25, -0.2) is 9.18 Å². The third-order valence-corrected chi connectivity index (χ3v) is 2.03. The van der Waals surface area contributed by atoms with Gasteiger partial charge in [0, 0.05) is 10.9 Å². The van der Waals surface area contributed by atoms with E-state index < -0.39 is 11.8 Å². The minimum Gasteiger partial charge on any atom is -0.478 e. The number of allylic oxidation sites excluding steroid dienone is 1. The summed E-state index contributed by atoms with van der Waals surface area (Å²) in [5.74, 6) is -1.65. The molecule has 0 aliphatic heterocycles. The Labute approximate surface area is 89.2 Å². The first-order valence-corrected chi connectivity index (χ1v) is 5.03. The van der Waals surface area contributed by atoms with Crippen LogP contribution in [0.25, 0.3) is 6.08 Å². The van der Waals surface area contributed by atoms with E-state index in [-0.39, 0.29) is 11.1 Å². The van der Waals surface area contributed by atoms with Crippen LogP contribution in [0.5, 0.6) is 0 Å². The first-order chi connectivity index (χ1) is 6.66. The van der Waals surface area contributed by atoms with E-state index >= 15 is 0 Å². The highest BCUT2D eigenvalue weighted by Crippen LogP contribution is 2.15. The summed E-state index contributed by atoms with van der Waals surface area (Å²) in [6, 6.07) is 3.99. The fourth-order valence-electron chi connectivity index (χ4n) is 1.06. The number of halogens is 2. The van der Waals surface area contributed by atoms with Gasteiger partial charge in [-0.1, -0.05) is 34.1 Å². The second-order valence-electron chi connectivity index (χ2n) is 2.56. The Hall–Kier alpha value is -1.16. The zero-order valence-electron chi connectivity index (χ0n) is 7.21. The molecule has 1 aromatic carbocycles. The maximum atomic E-state index is 13.2. The van der Waals surface area contributed by atoms with Crippen molar-refractivity contribution in [1.82, 2.24) is 0 Å². The summed E-state index contributed by atoms with van der Waals surface area (Å²) in [5.41, 5.74) is 0.0849. The van der Waals surface area contributed by atoms with Crippen LogP contribution >= 0.6 is 15.9 Å². The second-order valence-corrected chi connectivity index (χ2v) is 3.21. The topological polar surface area (TPSA) is 37.3 Å². The van der Waals surface area contributed by atoms with Crippen molar-refractivity contribution in [1.29, 1.82) is 0 Å². The molecule has 74 valence electrons. The molecule has 1 N–H and O–H groups in total. The maximum Gasteiger partial charge on any atom is 0.336 e. The Morgan fingerprint density at radius 2 is 2.29 bits per heavy atom. The molecule has 0 bridgehead atoms. The number of rotatable bonds is 3. The summed E-state index contributed by atoms with van der Waals surface area (Å²) in [7, 11) is 0. The average molecular weight is 259 g/mol. The van der Waals surface area contributed by atoms with Crippen molar-refractivity contribution in [2.45, 2.75) is 0 Å². The molecule has 1 aromatic rings. The Morgan fingerprint density at radius 1 is 1.57 bits per heavy atom. The van der Waals surface area contributed by atoms with Crippen LogP contribution in [0.2, 0.25) is 0 Å². The molecule has 0 radical (unpaired) electrons. The standard InChI is InChI=1S/C10H8BrFO2/c11-6-2-4-7-8(10(13)14)3-1-5-9(7)12/h1-5H,6H2,(H,13,14). The Balaban J connectivity index is 3.22. The fraction of sp³-hybridized carbons (Fsp3) is 0.100. The van der Waals surface area contributed by atoms with Crippen LogP contribution in [0.15, 0.2) is 24.3 Å². The van der Waals surface area contributed by atoms with Crippen molar-refractivity contribution >= 4 is 28.0 Å². The molecule has 0 aliphatic rings. The molecule has 0 atom stereocenters. The van der Waals surface area contributed by atoms with Crippen LogP contribution in [0, 0.1) is 5.82 Å². The van der Waals surface area contributed by atoms with Crippen molar-refractivity contribution in [3.05, 3.63) is 41.2 Å². The number of carboxylic acid groups (broad SMARTS) is 1. The highest BCUT2D eigenvalue weighted by Gasteiger charge is 2.10. The lowest BCUT2D eigenvalue weighted by Crippen LogP contribution is -2.01. The number of benzene rings is 1. The van der Waals surface area contributed by atoms with E-state index in [9.17, 15) is 9.18 Å². The van der Waals surface area contributed by atoms with Gasteiger partial charge in [0.2, 0.25) is 0 Å². The van der Waals surface area contributed by atoms with Crippen LogP contribution in [0.3, 0.4) is 0 Å². The van der Waals surface area contributed by atoms with Crippen molar-refractivity contribution in [3.63, 3.8) is 0 Å². The highest BCUT2D eigenvalue weighted by molar-refractivity contribution is 9.09. The van der Waals surface area contributed by atoms with Crippen molar-refractivity contribution in [2.24, 2.45) is 0 Å². The van der Waals surface area contributed by atoms with Gasteiger partial charge in [0.05, 0.1) is 5.56 Å². The smallest absolute Gasteiger partial charge is 0.336 e. The monoisotopic (exact) mass is 258 g/mol. The molecule has 4 heteroatoms. The quantitative estimate of drug-likeness (QED) is 0.847. The minimum absolute atomic E-state index is 0.0257. The van der Waals surface area contributed by atoms with Gasteiger partial charge in [0.25, 0.3) is 0 Å². The van der Waals surface area contributed by atoms with E-state index in [4.69, 9.17) is 5.11 Å². The Bertz CT molecular complexity index is 374. The van der Waals surface area contributed by atoms with Gasteiger partial charge in [-0.15, -0.1) is 0 Å². The summed E-state index contributed by atoms with van der Waals surface area (Å²) in [6.07, 6.45) is 3.10. The largest absolute Gasteiger partial charge is 0.478 e. The van der Waals surface area contributed by atoms with Crippen LogP contribution < -0.4 is 0 Å². The lowest BCUT2D eigenvalue weighted by atomic mass is 10.1. The Kier molecular flexibility index (Phi) is 3.83. The van der Waals surface area contributed by atoms with E-state index in [0.717, 1.165) is 0 Å². The van der Waals surface area contributed by atoms with Gasteiger partial charge in [-0.05, 0) is 12.1 Å². The predicted octanol–water partition coefficient (Wildman–Crippen LogP) is 2.93. The molecule has 0 aliphatic carbocycles. The van der Waals surface area contributed by atoms with E-state index in [1.807, 2.05) is 0 Å². The fourth-order valence-corrected chi connectivity index (χ4v) is 1.24. The normalized spacial score (nSPS) is 10.7. The first kappa shape index (κ1) is 10.9. The van der Waals surface area contributed by atoms with E-state index in [1.165, 1.54) is 24.3 Å². The average Bonchev–Trinajstić information content (AvgIpc) is 2.15. The zero-order valence-corrected chi connectivity index (χ0v) is 8.79. The third-order valence-electron chi connectivity index (χ3n) is 1.66. The number of carbonyl (C=O) groups is 1. The van der Waals surface area contributed by atoms with Gasteiger partial charge in [-0.3, -0.25) is 0 Å². The molecule has 14 heavy (non-hydrogen) atoms. The summed E-state index contributed by atoms with van der Waals surface area (Å²) < 4.78 is 13.2. The summed E-state index contributed by atoms with van der Waals surface area (Å²) in [6.45, 7) is 0. The highest BCUT2D eigenvalue weighted by atomic mass is 79.9. The molecule has 0 aromatic heterocycles. The molecule has 0 unspecified atom stereocenters. The molecule has 0 fully saturated rings. The van der Waals surface area contributed by atoms with Crippen molar-refractivity contribution in [2.75, 3.05) is 5.33 Å². The lowest BCUT2D eigenvalue weighted by Gasteiger charge is -2.01. The third kappa shape index (κ3) is 2.42. The summed E-state index contributed by atoms with van der Waals surface area (Å²) in [4.78, 5) is 10.7. The SMILES string of the molecule is O=C(O)c1cccc(F)c1C=CCBr. The van der Waals surface area contributed by atoms with Gasteiger partial charge in [-0.2, -0.15) is 0 Å². The molecule has 1 rings (SSSR count). The molecule has 2 nitrogen and oxygen atoms in total.